The molecule has 0 saturated carbocycles. The summed E-state index contributed by atoms with van der Waals surface area (Å²) in [6.45, 7) is 3.82. The lowest BCUT2D eigenvalue weighted by molar-refractivity contribution is 0.0788. The van der Waals surface area contributed by atoms with E-state index in [0.717, 1.165) is 25.9 Å². The highest BCUT2D eigenvalue weighted by molar-refractivity contribution is 6.31. The van der Waals surface area contributed by atoms with E-state index in [1.807, 2.05) is 4.90 Å². The molecule has 17 heavy (non-hydrogen) atoms. The molecule has 1 saturated heterocycles. The van der Waals surface area contributed by atoms with Gasteiger partial charge in [-0.25, -0.2) is 0 Å². The number of nitrogen functional groups attached to an aromatic ring is 1. The fourth-order valence-corrected chi connectivity index (χ4v) is 2.41. The molecule has 0 aliphatic carbocycles. The predicted octanol–water partition coefficient (Wildman–Crippen LogP) is 2.79. The fourth-order valence-electron chi connectivity index (χ4n) is 2.23. The van der Waals surface area contributed by atoms with Gasteiger partial charge in [0.1, 0.15) is 0 Å². The smallest absolute Gasteiger partial charge is 0.256 e. The van der Waals surface area contributed by atoms with Crippen LogP contribution >= 0.6 is 11.6 Å². The van der Waals surface area contributed by atoms with Crippen LogP contribution in [-0.4, -0.2) is 23.9 Å². The molecule has 1 fully saturated rings. The SMILES string of the molecule is CCC1CCN(C(=O)c2cc(Cl)ccc2N)C1. The van der Waals surface area contributed by atoms with E-state index in [-0.39, 0.29) is 5.91 Å². The van der Waals surface area contributed by atoms with Crippen LogP contribution in [0.25, 0.3) is 0 Å². The van der Waals surface area contributed by atoms with Crippen LogP contribution in [0.1, 0.15) is 30.1 Å². The Labute approximate surface area is 107 Å². The van der Waals surface area contributed by atoms with Gasteiger partial charge < -0.3 is 10.6 Å². The summed E-state index contributed by atoms with van der Waals surface area (Å²) in [6, 6.07) is 5.04. The molecule has 1 aliphatic heterocycles. The van der Waals surface area contributed by atoms with Crippen molar-refractivity contribution in [2.45, 2.75) is 19.8 Å². The van der Waals surface area contributed by atoms with Gasteiger partial charge in [0.05, 0.1) is 5.56 Å². The number of halogens is 1. The van der Waals surface area contributed by atoms with Gasteiger partial charge in [0.25, 0.3) is 5.91 Å². The van der Waals surface area contributed by atoms with Gasteiger partial charge in [-0.15, -0.1) is 0 Å². The van der Waals surface area contributed by atoms with E-state index in [4.69, 9.17) is 17.3 Å². The summed E-state index contributed by atoms with van der Waals surface area (Å²) < 4.78 is 0. The van der Waals surface area contributed by atoms with Gasteiger partial charge in [0.15, 0.2) is 0 Å². The topological polar surface area (TPSA) is 46.3 Å². The van der Waals surface area contributed by atoms with Gasteiger partial charge in [0.2, 0.25) is 0 Å². The maximum absolute atomic E-state index is 12.3. The van der Waals surface area contributed by atoms with Crippen LogP contribution < -0.4 is 5.73 Å². The number of hydrogen-bond acceptors (Lipinski definition) is 2. The highest BCUT2D eigenvalue weighted by Gasteiger charge is 2.26. The molecule has 1 atom stereocenters. The van der Waals surface area contributed by atoms with Gasteiger partial charge in [-0.2, -0.15) is 0 Å². The number of carbonyl (C=O) groups is 1. The summed E-state index contributed by atoms with van der Waals surface area (Å²) in [7, 11) is 0. The summed E-state index contributed by atoms with van der Waals surface area (Å²) in [6.07, 6.45) is 2.21. The van der Waals surface area contributed by atoms with E-state index < -0.39 is 0 Å². The first-order valence-corrected chi connectivity index (χ1v) is 6.34. The molecule has 0 radical (unpaired) electrons. The second kappa shape index (κ2) is 4.96. The normalized spacial score (nSPS) is 19.6. The van der Waals surface area contributed by atoms with Crippen LogP contribution in [-0.2, 0) is 0 Å². The molecule has 1 aromatic rings. The Morgan fingerprint density at radius 1 is 1.59 bits per heavy atom. The zero-order valence-electron chi connectivity index (χ0n) is 9.95. The van der Waals surface area contributed by atoms with E-state index in [1.165, 1.54) is 0 Å². The molecule has 1 amide bonds. The van der Waals surface area contributed by atoms with Crippen LogP contribution in [0.15, 0.2) is 18.2 Å². The molecule has 1 heterocycles. The summed E-state index contributed by atoms with van der Waals surface area (Å²) in [5.41, 5.74) is 6.84. The first-order valence-electron chi connectivity index (χ1n) is 5.96. The van der Waals surface area contributed by atoms with Crippen LogP contribution in [0.3, 0.4) is 0 Å². The minimum atomic E-state index is 0.000880. The summed E-state index contributed by atoms with van der Waals surface area (Å²) >= 11 is 5.90. The van der Waals surface area contributed by atoms with E-state index in [9.17, 15) is 4.79 Å². The number of hydrogen-bond donors (Lipinski definition) is 1. The maximum Gasteiger partial charge on any atom is 0.256 e. The largest absolute Gasteiger partial charge is 0.398 e. The number of carbonyl (C=O) groups excluding carboxylic acids is 1. The second-order valence-corrected chi connectivity index (χ2v) is 4.98. The average molecular weight is 253 g/mol. The zero-order chi connectivity index (χ0) is 12.4. The van der Waals surface area contributed by atoms with Gasteiger partial charge >= 0.3 is 0 Å². The number of benzene rings is 1. The van der Waals surface area contributed by atoms with Crippen molar-refractivity contribution in [1.29, 1.82) is 0 Å². The Kier molecular flexibility index (Phi) is 3.57. The van der Waals surface area contributed by atoms with E-state index in [2.05, 4.69) is 6.92 Å². The quantitative estimate of drug-likeness (QED) is 0.823. The van der Waals surface area contributed by atoms with Crippen molar-refractivity contribution in [2.24, 2.45) is 5.92 Å². The fraction of sp³-hybridized carbons (Fsp3) is 0.462. The number of anilines is 1. The molecule has 0 spiro atoms. The number of nitrogens with two attached hydrogens (primary N) is 1. The predicted molar refractivity (Wildman–Crippen MR) is 70.2 cm³/mol. The maximum atomic E-state index is 12.3. The highest BCUT2D eigenvalue weighted by Crippen LogP contribution is 2.24. The van der Waals surface area contributed by atoms with E-state index in [1.54, 1.807) is 18.2 Å². The standard InChI is InChI=1S/C13H17ClN2O/c1-2-9-5-6-16(8-9)13(17)11-7-10(14)3-4-12(11)15/h3-4,7,9H,2,5-6,8,15H2,1H3. The monoisotopic (exact) mass is 252 g/mol. The number of likely N-dealkylation sites (tertiary alicyclic amines) is 1. The Balaban J connectivity index is 2.17. The van der Waals surface area contributed by atoms with Crippen molar-refractivity contribution >= 4 is 23.2 Å². The lowest BCUT2D eigenvalue weighted by atomic mass is 10.1. The molecule has 3 nitrogen and oxygen atoms in total. The summed E-state index contributed by atoms with van der Waals surface area (Å²) in [5, 5.41) is 0.550. The summed E-state index contributed by atoms with van der Waals surface area (Å²) in [4.78, 5) is 14.1. The van der Waals surface area contributed by atoms with Crippen LogP contribution in [0.5, 0.6) is 0 Å². The molecule has 1 unspecified atom stereocenters. The minimum Gasteiger partial charge on any atom is -0.398 e. The Morgan fingerprint density at radius 2 is 2.35 bits per heavy atom. The first-order chi connectivity index (χ1) is 8.11. The second-order valence-electron chi connectivity index (χ2n) is 4.55. The molecule has 2 rings (SSSR count). The van der Waals surface area contributed by atoms with Crippen molar-refractivity contribution in [3.63, 3.8) is 0 Å². The van der Waals surface area contributed by atoms with Gasteiger partial charge in [-0.3, -0.25) is 4.79 Å². The lowest BCUT2D eigenvalue weighted by Gasteiger charge is -2.17. The highest BCUT2D eigenvalue weighted by atomic mass is 35.5. The van der Waals surface area contributed by atoms with Gasteiger partial charge in [-0.05, 0) is 30.5 Å². The zero-order valence-corrected chi connectivity index (χ0v) is 10.7. The Bertz CT molecular complexity index is 433. The average Bonchev–Trinajstić information content (AvgIpc) is 2.80. The molecule has 1 aliphatic rings. The van der Waals surface area contributed by atoms with Crippen molar-refractivity contribution < 1.29 is 4.79 Å². The lowest BCUT2D eigenvalue weighted by Crippen LogP contribution is -2.29. The molecule has 4 heteroatoms. The van der Waals surface area contributed by atoms with E-state index >= 15 is 0 Å². The molecule has 0 aromatic heterocycles. The molecule has 92 valence electrons. The van der Waals surface area contributed by atoms with Crippen molar-refractivity contribution in [1.82, 2.24) is 4.90 Å². The minimum absolute atomic E-state index is 0.000880. The van der Waals surface area contributed by atoms with Gasteiger partial charge in [0, 0.05) is 23.8 Å². The van der Waals surface area contributed by atoms with Crippen LogP contribution in [0, 0.1) is 5.92 Å². The molecular weight excluding hydrogens is 236 g/mol. The van der Waals surface area contributed by atoms with E-state index in [0.29, 0.717) is 22.2 Å². The third kappa shape index (κ3) is 2.55. The third-order valence-electron chi connectivity index (χ3n) is 3.40. The summed E-state index contributed by atoms with van der Waals surface area (Å²) in [5.74, 6) is 0.625. The Morgan fingerprint density at radius 3 is 3.00 bits per heavy atom. The number of nitrogens with zero attached hydrogens (tertiary/aromatic N) is 1. The molecule has 1 aromatic carbocycles. The van der Waals surface area contributed by atoms with Gasteiger partial charge in [-0.1, -0.05) is 24.9 Å². The molecular formula is C13H17ClN2O. The Hall–Kier alpha value is -1.22. The van der Waals surface area contributed by atoms with Crippen molar-refractivity contribution in [3.05, 3.63) is 28.8 Å². The van der Waals surface area contributed by atoms with Crippen molar-refractivity contribution in [2.75, 3.05) is 18.8 Å². The molecule has 2 N–H and O–H groups in total. The first kappa shape index (κ1) is 12.2. The molecule has 0 bridgehead atoms. The number of rotatable bonds is 2. The van der Waals surface area contributed by atoms with Crippen molar-refractivity contribution in [3.8, 4) is 0 Å². The third-order valence-corrected chi connectivity index (χ3v) is 3.63. The van der Waals surface area contributed by atoms with Crippen LogP contribution in [0.4, 0.5) is 5.69 Å². The number of amides is 1. The van der Waals surface area contributed by atoms with Crippen LogP contribution in [0.2, 0.25) is 5.02 Å².